The monoisotopic (exact) mass is 357 g/mol. The predicted octanol–water partition coefficient (Wildman–Crippen LogP) is 6.43. The summed E-state index contributed by atoms with van der Waals surface area (Å²) >= 11 is 6.33. The standard InChI is InChI=1S/C24H20ClN/c25-19-12-13-23-20(15-19)21(17-7-2-1-3-8-17)16-24(26-23)14-6-10-18-9-4-5-11-22(18)24/h1-5,7-9,11-13,15-16,26H,6,10,14H2. The van der Waals surface area contributed by atoms with Crippen molar-refractivity contribution in [1.82, 2.24) is 0 Å². The lowest BCUT2D eigenvalue weighted by Gasteiger charge is -2.42. The van der Waals surface area contributed by atoms with E-state index in [-0.39, 0.29) is 5.54 Å². The van der Waals surface area contributed by atoms with E-state index in [2.05, 4.69) is 78.1 Å². The average molecular weight is 358 g/mol. The summed E-state index contributed by atoms with van der Waals surface area (Å²) in [5.41, 5.74) is 7.54. The summed E-state index contributed by atoms with van der Waals surface area (Å²) in [7, 11) is 0. The Balaban J connectivity index is 1.77. The van der Waals surface area contributed by atoms with Gasteiger partial charge in [0, 0.05) is 16.3 Å². The largest absolute Gasteiger partial charge is 0.372 e. The lowest BCUT2D eigenvalue weighted by Crippen LogP contribution is -2.39. The first-order valence-electron chi connectivity index (χ1n) is 9.20. The van der Waals surface area contributed by atoms with Crippen LogP contribution in [-0.4, -0.2) is 0 Å². The van der Waals surface area contributed by atoms with Gasteiger partial charge < -0.3 is 5.32 Å². The highest BCUT2D eigenvalue weighted by molar-refractivity contribution is 6.31. The first-order valence-corrected chi connectivity index (χ1v) is 9.58. The molecule has 0 bridgehead atoms. The maximum Gasteiger partial charge on any atom is 0.0821 e. The van der Waals surface area contributed by atoms with E-state index in [1.54, 1.807) is 0 Å². The smallest absolute Gasteiger partial charge is 0.0821 e. The fourth-order valence-electron chi connectivity index (χ4n) is 4.45. The van der Waals surface area contributed by atoms with E-state index in [4.69, 9.17) is 11.6 Å². The van der Waals surface area contributed by atoms with E-state index in [1.807, 2.05) is 6.07 Å². The van der Waals surface area contributed by atoms with Crippen molar-refractivity contribution >= 4 is 22.9 Å². The molecule has 0 saturated carbocycles. The van der Waals surface area contributed by atoms with Gasteiger partial charge in [0.05, 0.1) is 5.54 Å². The molecule has 0 saturated heterocycles. The second-order valence-corrected chi connectivity index (χ2v) is 7.66. The summed E-state index contributed by atoms with van der Waals surface area (Å²) in [6.45, 7) is 0. The van der Waals surface area contributed by atoms with Gasteiger partial charge in [-0.05, 0) is 65.8 Å². The van der Waals surface area contributed by atoms with Crippen molar-refractivity contribution in [1.29, 1.82) is 0 Å². The van der Waals surface area contributed by atoms with Crippen LogP contribution in [0.3, 0.4) is 0 Å². The highest BCUT2D eigenvalue weighted by Gasteiger charge is 2.38. The normalized spacial score (nSPS) is 20.7. The summed E-state index contributed by atoms with van der Waals surface area (Å²) in [6, 6.07) is 25.7. The molecule has 1 N–H and O–H groups in total. The van der Waals surface area contributed by atoms with Gasteiger partial charge in [-0.15, -0.1) is 0 Å². The van der Waals surface area contributed by atoms with E-state index >= 15 is 0 Å². The molecule has 0 radical (unpaired) electrons. The van der Waals surface area contributed by atoms with Crippen LogP contribution in [0.4, 0.5) is 5.69 Å². The van der Waals surface area contributed by atoms with Crippen LogP contribution >= 0.6 is 11.6 Å². The Hall–Kier alpha value is -2.51. The number of halogens is 1. The minimum Gasteiger partial charge on any atom is -0.372 e. The van der Waals surface area contributed by atoms with E-state index in [9.17, 15) is 0 Å². The molecule has 3 aromatic carbocycles. The quantitative estimate of drug-likeness (QED) is 0.529. The molecule has 26 heavy (non-hydrogen) atoms. The molecule has 3 aromatic rings. The molecular weight excluding hydrogens is 338 g/mol. The van der Waals surface area contributed by atoms with Gasteiger partial charge in [-0.3, -0.25) is 0 Å². The molecule has 2 aliphatic rings. The van der Waals surface area contributed by atoms with E-state index in [0.717, 1.165) is 23.6 Å². The minimum absolute atomic E-state index is 0.152. The molecule has 1 spiro atoms. The van der Waals surface area contributed by atoms with Gasteiger partial charge in [0.1, 0.15) is 0 Å². The van der Waals surface area contributed by atoms with Crippen LogP contribution in [0.2, 0.25) is 5.02 Å². The van der Waals surface area contributed by atoms with Gasteiger partial charge in [-0.1, -0.05) is 66.2 Å². The number of fused-ring (bicyclic) bond motifs is 3. The van der Waals surface area contributed by atoms with Gasteiger partial charge in [-0.2, -0.15) is 0 Å². The first kappa shape index (κ1) is 15.7. The van der Waals surface area contributed by atoms with Crippen LogP contribution in [-0.2, 0) is 12.0 Å². The molecule has 0 aromatic heterocycles. The Bertz CT molecular complexity index is 1010. The number of hydrogen-bond donors (Lipinski definition) is 1. The summed E-state index contributed by atoms with van der Waals surface area (Å²) in [5.74, 6) is 0. The summed E-state index contributed by atoms with van der Waals surface area (Å²) in [5, 5.41) is 4.63. The molecular formula is C24H20ClN. The van der Waals surface area contributed by atoms with Crippen LogP contribution in [0.1, 0.15) is 35.1 Å². The van der Waals surface area contributed by atoms with Crippen molar-refractivity contribution in [2.75, 3.05) is 5.32 Å². The topological polar surface area (TPSA) is 12.0 Å². The van der Waals surface area contributed by atoms with Crippen LogP contribution in [0.15, 0.2) is 78.9 Å². The maximum absolute atomic E-state index is 6.33. The fraction of sp³-hybridized carbons (Fsp3) is 0.167. The summed E-state index contributed by atoms with van der Waals surface area (Å²) in [6.07, 6.45) is 5.87. The molecule has 1 aliphatic heterocycles. The van der Waals surface area contributed by atoms with Gasteiger partial charge in [0.2, 0.25) is 0 Å². The Morgan fingerprint density at radius 2 is 1.69 bits per heavy atom. The molecule has 2 heteroatoms. The average Bonchev–Trinajstić information content (AvgIpc) is 2.69. The summed E-state index contributed by atoms with van der Waals surface area (Å²) in [4.78, 5) is 0. The Labute approximate surface area is 159 Å². The van der Waals surface area contributed by atoms with Crippen molar-refractivity contribution < 1.29 is 0 Å². The Kier molecular flexibility index (Phi) is 3.65. The second kappa shape index (κ2) is 6.03. The number of anilines is 1. The highest BCUT2D eigenvalue weighted by atomic mass is 35.5. The molecule has 1 atom stereocenters. The number of benzene rings is 3. The SMILES string of the molecule is Clc1ccc2c(c1)C(c1ccccc1)=CC1(CCCc3ccccc31)N2. The maximum atomic E-state index is 6.33. The molecule has 5 rings (SSSR count). The van der Waals surface area contributed by atoms with Gasteiger partial charge in [0.25, 0.3) is 0 Å². The van der Waals surface area contributed by atoms with Gasteiger partial charge in [0.15, 0.2) is 0 Å². The zero-order chi connectivity index (χ0) is 17.6. The van der Waals surface area contributed by atoms with Gasteiger partial charge in [-0.25, -0.2) is 0 Å². The molecule has 0 fully saturated rings. The number of hydrogen-bond acceptors (Lipinski definition) is 1. The van der Waals surface area contributed by atoms with E-state index in [0.29, 0.717) is 0 Å². The lowest BCUT2D eigenvalue weighted by atomic mass is 9.72. The van der Waals surface area contributed by atoms with Crippen molar-refractivity contribution in [2.24, 2.45) is 0 Å². The molecule has 1 heterocycles. The Morgan fingerprint density at radius 1 is 0.885 bits per heavy atom. The van der Waals surface area contributed by atoms with Crippen LogP contribution in [0, 0.1) is 0 Å². The van der Waals surface area contributed by atoms with Crippen LogP contribution in [0.25, 0.3) is 5.57 Å². The Morgan fingerprint density at radius 3 is 2.58 bits per heavy atom. The molecule has 128 valence electrons. The van der Waals surface area contributed by atoms with Crippen molar-refractivity contribution in [3.63, 3.8) is 0 Å². The lowest BCUT2D eigenvalue weighted by molar-refractivity contribution is 0.492. The van der Waals surface area contributed by atoms with Crippen molar-refractivity contribution in [2.45, 2.75) is 24.8 Å². The van der Waals surface area contributed by atoms with Crippen LogP contribution < -0.4 is 5.32 Å². The summed E-state index contributed by atoms with van der Waals surface area (Å²) < 4.78 is 0. The van der Waals surface area contributed by atoms with Crippen molar-refractivity contribution in [3.05, 3.63) is 106 Å². The number of aryl methyl sites for hydroxylation is 1. The molecule has 1 unspecified atom stereocenters. The molecule has 1 nitrogen and oxygen atoms in total. The third-order valence-electron chi connectivity index (χ3n) is 5.62. The first-order chi connectivity index (χ1) is 12.8. The third kappa shape index (κ3) is 2.47. The zero-order valence-electron chi connectivity index (χ0n) is 14.5. The van der Waals surface area contributed by atoms with Crippen LogP contribution in [0.5, 0.6) is 0 Å². The highest BCUT2D eigenvalue weighted by Crippen LogP contribution is 2.47. The predicted molar refractivity (Wildman–Crippen MR) is 110 cm³/mol. The van der Waals surface area contributed by atoms with Gasteiger partial charge >= 0.3 is 0 Å². The van der Waals surface area contributed by atoms with E-state index in [1.165, 1.54) is 34.2 Å². The zero-order valence-corrected chi connectivity index (χ0v) is 15.3. The molecule has 0 amide bonds. The third-order valence-corrected chi connectivity index (χ3v) is 5.86. The molecule has 1 aliphatic carbocycles. The van der Waals surface area contributed by atoms with E-state index < -0.39 is 0 Å². The fourth-order valence-corrected chi connectivity index (χ4v) is 4.62. The number of nitrogens with one attached hydrogen (secondary N) is 1. The van der Waals surface area contributed by atoms with Crippen molar-refractivity contribution in [3.8, 4) is 0 Å². The minimum atomic E-state index is -0.152. The number of rotatable bonds is 1. The second-order valence-electron chi connectivity index (χ2n) is 7.22.